The van der Waals surface area contributed by atoms with E-state index in [4.69, 9.17) is 0 Å². The maximum atomic E-state index is 12.4. The van der Waals surface area contributed by atoms with Gasteiger partial charge in [-0.15, -0.1) is 16.9 Å². The Morgan fingerprint density at radius 3 is 2.82 bits per heavy atom. The van der Waals surface area contributed by atoms with Gasteiger partial charge in [-0.05, 0) is 47.0 Å². The molecule has 6 nitrogen and oxygen atoms in total. The molecule has 0 unspecified atom stereocenters. The van der Waals surface area contributed by atoms with Gasteiger partial charge in [0.25, 0.3) is 5.91 Å². The standard InChI is InChI=1S/C15H13N5OS/c1-22-14-8-3-2-7-13(14)17-15(21)11-5-4-6-12(9-11)20-10-16-18-19-20/h2-10H,1H3,(H,17,21). The number of anilines is 1. The summed E-state index contributed by atoms with van der Waals surface area (Å²) in [6, 6.07) is 14.8. The van der Waals surface area contributed by atoms with E-state index < -0.39 is 0 Å². The summed E-state index contributed by atoms with van der Waals surface area (Å²) in [6.45, 7) is 0. The highest BCUT2D eigenvalue weighted by molar-refractivity contribution is 7.98. The molecule has 3 aromatic rings. The lowest BCUT2D eigenvalue weighted by molar-refractivity contribution is 0.102. The van der Waals surface area contributed by atoms with E-state index in [0.717, 1.165) is 16.3 Å². The van der Waals surface area contributed by atoms with Gasteiger partial charge in [0.2, 0.25) is 0 Å². The summed E-state index contributed by atoms with van der Waals surface area (Å²) in [6.07, 6.45) is 3.46. The second-order valence-electron chi connectivity index (χ2n) is 4.46. The number of para-hydroxylation sites is 1. The Balaban J connectivity index is 1.85. The molecule has 0 aliphatic heterocycles. The van der Waals surface area contributed by atoms with E-state index in [1.165, 1.54) is 11.0 Å². The van der Waals surface area contributed by atoms with E-state index in [1.54, 1.807) is 30.0 Å². The van der Waals surface area contributed by atoms with Crippen LogP contribution in [0.2, 0.25) is 0 Å². The second kappa shape index (κ2) is 6.40. The highest BCUT2D eigenvalue weighted by Crippen LogP contribution is 2.25. The Bertz CT molecular complexity index is 788. The lowest BCUT2D eigenvalue weighted by Crippen LogP contribution is -2.13. The van der Waals surface area contributed by atoms with Crippen molar-refractivity contribution in [3.63, 3.8) is 0 Å². The van der Waals surface area contributed by atoms with Gasteiger partial charge in [-0.25, -0.2) is 4.68 Å². The van der Waals surface area contributed by atoms with E-state index in [-0.39, 0.29) is 5.91 Å². The number of tetrazole rings is 1. The van der Waals surface area contributed by atoms with Crippen LogP contribution in [-0.2, 0) is 0 Å². The van der Waals surface area contributed by atoms with Gasteiger partial charge in [0.15, 0.2) is 0 Å². The van der Waals surface area contributed by atoms with Gasteiger partial charge in [-0.2, -0.15) is 0 Å². The third kappa shape index (κ3) is 2.99. The first-order valence-electron chi connectivity index (χ1n) is 6.56. The van der Waals surface area contributed by atoms with Crippen LogP contribution in [0.4, 0.5) is 5.69 Å². The fraction of sp³-hybridized carbons (Fsp3) is 0.0667. The van der Waals surface area contributed by atoms with E-state index in [0.29, 0.717) is 5.56 Å². The molecule has 0 bridgehead atoms. The lowest BCUT2D eigenvalue weighted by atomic mass is 10.2. The van der Waals surface area contributed by atoms with Crippen molar-refractivity contribution >= 4 is 23.4 Å². The van der Waals surface area contributed by atoms with Gasteiger partial charge in [-0.3, -0.25) is 4.79 Å². The number of rotatable bonds is 4. The van der Waals surface area contributed by atoms with Crippen molar-refractivity contribution in [2.75, 3.05) is 11.6 Å². The Morgan fingerprint density at radius 1 is 1.18 bits per heavy atom. The maximum Gasteiger partial charge on any atom is 0.255 e. The predicted molar refractivity (Wildman–Crippen MR) is 85.3 cm³/mol. The number of amides is 1. The molecule has 0 aliphatic carbocycles. The van der Waals surface area contributed by atoms with Crippen LogP contribution >= 0.6 is 11.8 Å². The second-order valence-corrected chi connectivity index (χ2v) is 5.31. The fourth-order valence-corrected chi connectivity index (χ4v) is 2.57. The van der Waals surface area contributed by atoms with Gasteiger partial charge in [-0.1, -0.05) is 18.2 Å². The molecule has 2 aromatic carbocycles. The first-order valence-corrected chi connectivity index (χ1v) is 7.78. The number of aromatic nitrogens is 4. The van der Waals surface area contributed by atoms with Crippen LogP contribution in [-0.4, -0.2) is 32.4 Å². The summed E-state index contributed by atoms with van der Waals surface area (Å²) in [4.78, 5) is 13.4. The van der Waals surface area contributed by atoms with Crippen molar-refractivity contribution in [3.05, 3.63) is 60.4 Å². The van der Waals surface area contributed by atoms with Crippen molar-refractivity contribution < 1.29 is 4.79 Å². The Labute approximate surface area is 131 Å². The molecule has 0 fully saturated rings. The summed E-state index contributed by atoms with van der Waals surface area (Å²) < 4.78 is 1.51. The van der Waals surface area contributed by atoms with Crippen molar-refractivity contribution in [3.8, 4) is 5.69 Å². The van der Waals surface area contributed by atoms with Crippen LogP contribution < -0.4 is 5.32 Å². The minimum Gasteiger partial charge on any atom is -0.321 e. The number of carbonyl (C=O) groups is 1. The Hall–Kier alpha value is -2.67. The molecule has 1 aromatic heterocycles. The number of nitrogens with zero attached hydrogens (tertiary/aromatic N) is 4. The normalized spacial score (nSPS) is 10.4. The van der Waals surface area contributed by atoms with Crippen LogP contribution in [0.1, 0.15) is 10.4 Å². The largest absolute Gasteiger partial charge is 0.321 e. The monoisotopic (exact) mass is 311 g/mol. The molecule has 0 saturated heterocycles. The molecule has 7 heteroatoms. The van der Waals surface area contributed by atoms with Gasteiger partial charge in [0.1, 0.15) is 6.33 Å². The molecule has 1 heterocycles. The molecular formula is C15H13N5OS. The number of benzene rings is 2. The third-order valence-electron chi connectivity index (χ3n) is 3.08. The van der Waals surface area contributed by atoms with Crippen molar-refractivity contribution in [1.82, 2.24) is 20.2 Å². The summed E-state index contributed by atoms with van der Waals surface area (Å²) in [5, 5.41) is 13.9. The lowest BCUT2D eigenvalue weighted by Gasteiger charge is -2.09. The van der Waals surface area contributed by atoms with Gasteiger partial charge in [0.05, 0.1) is 11.4 Å². The first kappa shape index (κ1) is 14.3. The molecule has 0 atom stereocenters. The summed E-state index contributed by atoms with van der Waals surface area (Å²) in [7, 11) is 0. The van der Waals surface area contributed by atoms with Gasteiger partial charge >= 0.3 is 0 Å². The molecule has 110 valence electrons. The third-order valence-corrected chi connectivity index (χ3v) is 3.87. The molecule has 0 spiro atoms. The zero-order chi connectivity index (χ0) is 15.4. The van der Waals surface area contributed by atoms with Crippen LogP contribution in [0.15, 0.2) is 59.8 Å². The minimum absolute atomic E-state index is 0.170. The topological polar surface area (TPSA) is 72.7 Å². The van der Waals surface area contributed by atoms with E-state index in [2.05, 4.69) is 20.8 Å². The number of hydrogen-bond donors (Lipinski definition) is 1. The maximum absolute atomic E-state index is 12.4. The average molecular weight is 311 g/mol. The molecule has 0 saturated carbocycles. The SMILES string of the molecule is CSc1ccccc1NC(=O)c1cccc(-n2cnnn2)c1. The Kier molecular flexibility index (Phi) is 4.15. The molecule has 3 rings (SSSR count). The number of carbonyl (C=O) groups excluding carboxylic acids is 1. The average Bonchev–Trinajstić information content (AvgIpc) is 3.10. The van der Waals surface area contributed by atoms with Crippen molar-refractivity contribution in [1.29, 1.82) is 0 Å². The molecular weight excluding hydrogens is 298 g/mol. The summed E-state index contributed by atoms with van der Waals surface area (Å²) in [5.74, 6) is -0.170. The van der Waals surface area contributed by atoms with Crippen LogP contribution in [0, 0.1) is 0 Å². The van der Waals surface area contributed by atoms with E-state index in [1.807, 2.05) is 36.6 Å². The quantitative estimate of drug-likeness (QED) is 0.750. The van der Waals surface area contributed by atoms with Crippen LogP contribution in [0.5, 0.6) is 0 Å². The van der Waals surface area contributed by atoms with Crippen molar-refractivity contribution in [2.45, 2.75) is 4.90 Å². The highest BCUT2D eigenvalue weighted by atomic mass is 32.2. The molecule has 0 radical (unpaired) electrons. The first-order chi connectivity index (χ1) is 10.8. The van der Waals surface area contributed by atoms with Crippen LogP contribution in [0.25, 0.3) is 5.69 Å². The number of thioether (sulfide) groups is 1. The van der Waals surface area contributed by atoms with Crippen LogP contribution in [0.3, 0.4) is 0 Å². The summed E-state index contributed by atoms with van der Waals surface area (Å²) in [5.41, 5.74) is 2.08. The minimum atomic E-state index is -0.170. The van der Waals surface area contributed by atoms with E-state index >= 15 is 0 Å². The highest BCUT2D eigenvalue weighted by Gasteiger charge is 2.10. The zero-order valence-corrected chi connectivity index (χ0v) is 12.6. The predicted octanol–water partition coefficient (Wildman–Crippen LogP) is 2.64. The number of nitrogens with one attached hydrogen (secondary N) is 1. The molecule has 0 aliphatic rings. The zero-order valence-electron chi connectivity index (χ0n) is 11.8. The fourth-order valence-electron chi connectivity index (χ4n) is 2.01. The van der Waals surface area contributed by atoms with Crippen molar-refractivity contribution in [2.24, 2.45) is 0 Å². The number of hydrogen-bond acceptors (Lipinski definition) is 5. The molecule has 1 N–H and O–H groups in total. The van der Waals surface area contributed by atoms with E-state index in [9.17, 15) is 4.79 Å². The van der Waals surface area contributed by atoms with Gasteiger partial charge in [0, 0.05) is 10.5 Å². The van der Waals surface area contributed by atoms with Gasteiger partial charge < -0.3 is 5.32 Å². The summed E-state index contributed by atoms with van der Waals surface area (Å²) >= 11 is 1.59. The smallest absolute Gasteiger partial charge is 0.255 e. The molecule has 22 heavy (non-hydrogen) atoms. The molecule has 1 amide bonds. The Morgan fingerprint density at radius 2 is 2.05 bits per heavy atom.